The largest absolute Gasteiger partial charge is 0.465 e. The van der Waals surface area contributed by atoms with E-state index in [4.69, 9.17) is 4.74 Å². The number of non-ortho nitro benzene ring substituents is 1. The standard InChI is InChI=1S/C16H16N2O6S/c1-2-24-16(19)11-17-12-3-7-14(8-4-12)25(22,23)15-9-5-13(6-10-15)18(20)21/h3-10,17H,2,11H2,1H3. The summed E-state index contributed by atoms with van der Waals surface area (Å²) >= 11 is 0. The molecule has 0 heterocycles. The third-order valence-corrected chi connectivity index (χ3v) is 5.05. The first-order valence-electron chi connectivity index (χ1n) is 7.33. The second-order valence-corrected chi connectivity index (χ2v) is 6.89. The zero-order chi connectivity index (χ0) is 18.4. The van der Waals surface area contributed by atoms with Gasteiger partial charge in [0.25, 0.3) is 5.69 Å². The van der Waals surface area contributed by atoms with Gasteiger partial charge >= 0.3 is 5.97 Å². The molecule has 0 radical (unpaired) electrons. The number of benzene rings is 2. The quantitative estimate of drug-likeness (QED) is 0.455. The van der Waals surface area contributed by atoms with Crippen LogP contribution < -0.4 is 5.32 Å². The van der Waals surface area contributed by atoms with Gasteiger partial charge in [0.1, 0.15) is 6.54 Å². The van der Waals surface area contributed by atoms with Crippen molar-refractivity contribution in [1.82, 2.24) is 0 Å². The minimum atomic E-state index is -3.78. The van der Waals surface area contributed by atoms with Gasteiger partial charge in [0.05, 0.1) is 21.3 Å². The Labute approximate surface area is 144 Å². The van der Waals surface area contributed by atoms with Gasteiger partial charge in [-0.1, -0.05) is 0 Å². The number of ether oxygens (including phenoxy) is 1. The number of hydrogen-bond donors (Lipinski definition) is 1. The van der Waals surface area contributed by atoms with E-state index >= 15 is 0 Å². The molecule has 2 rings (SSSR count). The number of nitro benzene ring substituents is 1. The Kier molecular flexibility index (Phi) is 5.71. The van der Waals surface area contributed by atoms with E-state index in [1.54, 1.807) is 6.92 Å². The van der Waals surface area contributed by atoms with Crippen molar-refractivity contribution < 1.29 is 22.9 Å². The van der Waals surface area contributed by atoms with Crippen LogP contribution in [0.3, 0.4) is 0 Å². The molecule has 0 aliphatic rings. The molecule has 25 heavy (non-hydrogen) atoms. The average molecular weight is 364 g/mol. The first kappa shape index (κ1) is 18.4. The third kappa shape index (κ3) is 4.54. The van der Waals surface area contributed by atoms with Crippen molar-refractivity contribution in [2.45, 2.75) is 16.7 Å². The van der Waals surface area contributed by atoms with Crippen molar-refractivity contribution in [3.63, 3.8) is 0 Å². The Morgan fingerprint density at radius 1 is 1.08 bits per heavy atom. The summed E-state index contributed by atoms with van der Waals surface area (Å²) in [6, 6.07) is 10.5. The SMILES string of the molecule is CCOC(=O)CNc1ccc(S(=O)(=O)c2ccc([N+](=O)[O-])cc2)cc1. The molecule has 0 atom stereocenters. The number of rotatable bonds is 7. The molecule has 0 saturated carbocycles. The molecular formula is C16H16N2O6S. The van der Waals surface area contributed by atoms with Crippen LogP contribution in [-0.4, -0.2) is 32.5 Å². The molecule has 132 valence electrons. The highest BCUT2D eigenvalue weighted by atomic mass is 32.2. The molecule has 9 heteroatoms. The molecule has 0 unspecified atom stereocenters. The number of hydrogen-bond acceptors (Lipinski definition) is 7. The van der Waals surface area contributed by atoms with E-state index in [1.165, 1.54) is 36.4 Å². The maximum absolute atomic E-state index is 12.5. The maximum Gasteiger partial charge on any atom is 0.325 e. The average Bonchev–Trinajstić information content (AvgIpc) is 2.60. The molecule has 0 saturated heterocycles. The molecule has 0 aliphatic heterocycles. The molecule has 8 nitrogen and oxygen atoms in total. The second-order valence-electron chi connectivity index (χ2n) is 4.94. The Balaban J connectivity index is 2.14. The topological polar surface area (TPSA) is 116 Å². The van der Waals surface area contributed by atoms with Crippen molar-refractivity contribution in [1.29, 1.82) is 0 Å². The van der Waals surface area contributed by atoms with Crippen molar-refractivity contribution in [3.05, 3.63) is 58.6 Å². The lowest BCUT2D eigenvalue weighted by molar-refractivity contribution is -0.384. The second kappa shape index (κ2) is 7.75. The summed E-state index contributed by atoms with van der Waals surface area (Å²) < 4.78 is 29.8. The molecular weight excluding hydrogens is 348 g/mol. The molecule has 1 N–H and O–H groups in total. The highest BCUT2D eigenvalue weighted by Gasteiger charge is 2.18. The number of carbonyl (C=O) groups is 1. The van der Waals surface area contributed by atoms with E-state index in [0.717, 1.165) is 12.1 Å². The van der Waals surface area contributed by atoms with Crippen molar-refractivity contribution in [3.8, 4) is 0 Å². The predicted octanol–water partition coefficient (Wildman–Crippen LogP) is 2.40. The van der Waals surface area contributed by atoms with Crippen molar-refractivity contribution in [2.75, 3.05) is 18.5 Å². The van der Waals surface area contributed by atoms with Gasteiger partial charge in [-0.2, -0.15) is 0 Å². The summed E-state index contributed by atoms with van der Waals surface area (Å²) in [4.78, 5) is 21.3. The lowest BCUT2D eigenvalue weighted by Crippen LogP contribution is -2.16. The van der Waals surface area contributed by atoms with E-state index in [9.17, 15) is 23.3 Å². The number of carbonyl (C=O) groups excluding carboxylic acids is 1. The highest BCUT2D eigenvalue weighted by molar-refractivity contribution is 7.91. The van der Waals surface area contributed by atoms with E-state index in [0.29, 0.717) is 5.69 Å². The van der Waals surface area contributed by atoms with Gasteiger partial charge in [-0.25, -0.2) is 8.42 Å². The summed E-state index contributed by atoms with van der Waals surface area (Å²) in [6.07, 6.45) is 0. The summed E-state index contributed by atoms with van der Waals surface area (Å²) in [5.41, 5.74) is 0.383. The van der Waals surface area contributed by atoms with Crippen LogP contribution in [0.25, 0.3) is 0 Å². The molecule has 0 aliphatic carbocycles. The Bertz CT molecular complexity index is 861. The van der Waals surface area contributed by atoms with Gasteiger partial charge < -0.3 is 10.1 Å². The fourth-order valence-electron chi connectivity index (χ4n) is 2.02. The van der Waals surface area contributed by atoms with Crippen LogP contribution in [0.1, 0.15) is 6.92 Å². The zero-order valence-corrected chi connectivity index (χ0v) is 14.2. The van der Waals surface area contributed by atoms with Gasteiger partial charge in [0.15, 0.2) is 0 Å². The fraction of sp³-hybridized carbons (Fsp3) is 0.188. The van der Waals surface area contributed by atoms with Crippen LogP contribution in [0, 0.1) is 10.1 Å². The number of nitrogens with one attached hydrogen (secondary N) is 1. The van der Waals surface area contributed by atoms with Crippen LogP contribution in [0.15, 0.2) is 58.3 Å². The van der Waals surface area contributed by atoms with E-state index in [2.05, 4.69) is 5.32 Å². The molecule has 0 bridgehead atoms. The first-order valence-corrected chi connectivity index (χ1v) is 8.82. The minimum Gasteiger partial charge on any atom is -0.465 e. The first-order chi connectivity index (χ1) is 11.8. The van der Waals surface area contributed by atoms with E-state index < -0.39 is 20.7 Å². The summed E-state index contributed by atoms with van der Waals surface area (Å²) in [5.74, 6) is -0.412. The summed E-state index contributed by atoms with van der Waals surface area (Å²) in [5, 5.41) is 13.5. The number of nitro groups is 1. The normalized spacial score (nSPS) is 10.9. The fourth-order valence-corrected chi connectivity index (χ4v) is 3.28. The third-order valence-electron chi connectivity index (χ3n) is 3.26. The highest BCUT2D eigenvalue weighted by Crippen LogP contribution is 2.24. The summed E-state index contributed by atoms with van der Waals surface area (Å²) in [7, 11) is -3.78. The van der Waals surface area contributed by atoms with Gasteiger partial charge in [-0.05, 0) is 43.3 Å². The lowest BCUT2D eigenvalue weighted by atomic mass is 10.3. The molecule has 0 aromatic heterocycles. The Morgan fingerprint density at radius 3 is 2.08 bits per heavy atom. The molecule has 2 aromatic rings. The van der Waals surface area contributed by atoms with Crippen molar-refractivity contribution >= 4 is 27.2 Å². The van der Waals surface area contributed by atoms with Gasteiger partial charge in [0.2, 0.25) is 9.84 Å². The Hall–Kier alpha value is -2.94. The minimum absolute atomic E-state index is 0.0255. The molecule has 0 spiro atoms. The van der Waals surface area contributed by atoms with Crippen LogP contribution >= 0.6 is 0 Å². The van der Waals surface area contributed by atoms with E-state index in [-0.39, 0.29) is 28.6 Å². The van der Waals surface area contributed by atoms with E-state index in [1.807, 2.05) is 0 Å². The number of esters is 1. The number of sulfone groups is 1. The number of anilines is 1. The predicted molar refractivity (Wildman–Crippen MR) is 90.1 cm³/mol. The van der Waals surface area contributed by atoms with Crippen LogP contribution in [0.2, 0.25) is 0 Å². The maximum atomic E-state index is 12.5. The van der Waals surface area contributed by atoms with Crippen LogP contribution in [0.5, 0.6) is 0 Å². The molecule has 0 fully saturated rings. The molecule has 0 amide bonds. The summed E-state index contributed by atoms with van der Waals surface area (Å²) in [6.45, 7) is 1.96. The molecule has 2 aromatic carbocycles. The Morgan fingerprint density at radius 2 is 1.60 bits per heavy atom. The lowest BCUT2D eigenvalue weighted by Gasteiger charge is -2.08. The number of nitrogens with zero attached hydrogens (tertiary/aromatic N) is 1. The monoisotopic (exact) mass is 364 g/mol. The van der Waals surface area contributed by atoms with Crippen LogP contribution in [0.4, 0.5) is 11.4 Å². The van der Waals surface area contributed by atoms with Crippen molar-refractivity contribution in [2.24, 2.45) is 0 Å². The van der Waals surface area contributed by atoms with Gasteiger partial charge in [-0.15, -0.1) is 0 Å². The zero-order valence-electron chi connectivity index (χ0n) is 13.3. The van der Waals surface area contributed by atoms with Crippen LogP contribution in [-0.2, 0) is 19.4 Å². The van der Waals surface area contributed by atoms with Gasteiger partial charge in [-0.3, -0.25) is 14.9 Å². The smallest absolute Gasteiger partial charge is 0.325 e. The van der Waals surface area contributed by atoms with Gasteiger partial charge in [0, 0.05) is 17.8 Å².